The molecule has 0 aliphatic carbocycles. The van der Waals surface area contributed by atoms with Crippen LogP contribution in [0, 0.1) is 11.8 Å². The second-order valence-electron chi connectivity index (χ2n) is 11.4. The zero-order valence-corrected chi connectivity index (χ0v) is 23.4. The third-order valence-electron chi connectivity index (χ3n) is 8.54. The van der Waals surface area contributed by atoms with Crippen LogP contribution in [0.2, 0.25) is 0 Å². The number of carbonyl (C=O) groups excluding carboxylic acids is 2. The van der Waals surface area contributed by atoms with E-state index in [0.717, 1.165) is 62.0 Å². The highest BCUT2D eigenvalue weighted by molar-refractivity contribution is 6.32. The van der Waals surface area contributed by atoms with Gasteiger partial charge in [0.2, 0.25) is 5.91 Å². The molecule has 3 heterocycles. The molecule has 40 heavy (non-hydrogen) atoms. The van der Waals surface area contributed by atoms with E-state index >= 15 is 0 Å². The summed E-state index contributed by atoms with van der Waals surface area (Å²) in [5.74, 6) is 1.58. The van der Waals surface area contributed by atoms with Gasteiger partial charge < -0.3 is 24.7 Å². The molecule has 4 atom stereocenters. The zero-order chi connectivity index (χ0) is 28.3. The molecule has 4 aromatic rings. The first-order valence-electron chi connectivity index (χ1n) is 13.8. The predicted octanol–water partition coefficient (Wildman–Crippen LogP) is 4.75. The SMILES string of the molecule is [B]c1ccc2c(c1)COc1cc3c(ccc4[nH]c([C@@H]5C[C@@H](C)[C@@H](C)N5C(=O)[C@@H](NC(=O)OC)C(C)C)nc43)cc1-2. The summed E-state index contributed by atoms with van der Waals surface area (Å²) in [6.45, 7) is 8.51. The maximum Gasteiger partial charge on any atom is 0.407 e. The van der Waals surface area contributed by atoms with E-state index in [1.807, 2.05) is 36.9 Å². The lowest BCUT2D eigenvalue weighted by Crippen LogP contribution is -2.53. The van der Waals surface area contributed by atoms with E-state index in [0.29, 0.717) is 6.61 Å². The number of carbonyl (C=O) groups is 2. The van der Waals surface area contributed by atoms with E-state index in [9.17, 15) is 9.59 Å². The molecule has 0 saturated carbocycles. The van der Waals surface area contributed by atoms with E-state index < -0.39 is 12.1 Å². The standard InChI is InChI=1S/C31H33BN4O4/c1-15(2)27(35-31(38)39-5)30(37)36-17(4)16(3)10-25(36)29-33-24-9-6-18-12-23-21-8-7-20(32)11-19(21)14-40-26(23)13-22(18)28(24)34-29/h6-9,11-13,15-17,25,27H,10,14H2,1-5H3,(H,33,34)(H,35,38)/t16-,17-,25+,27+/m1/s1. The zero-order valence-electron chi connectivity index (χ0n) is 23.4. The number of methoxy groups -OCH3 is 1. The smallest absolute Gasteiger partial charge is 0.407 e. The number of nitrogens with one attached hydrogen (secondary N) is 2. The third-order valence-corrected chi connectivity index (χ3v) is 8.54. The van der Waals surface area contributed by atoms with Gasteiger partial charge in [-0.2, -0.15) is 0 Å². The molecule has 204 valence electrons. The number of likely N-dealkylation sites (tertiary alicyclic amines) is 1. The number of H-pyrrole nitrogens is 1. The van der Waals surface area contributed by atoms with Gasteiger partial charge in [0.25, 0.3) is 0 Å². The number of hydrogen-bond donors (Lipinski definition) is 2. The molecule has 2 amide bonds. The van der Waals surface area contributed by atoms with Crippen molar-refractivity contribution in [2.24, 2.45) is 11.8 Å². The van der Waals surface area contributed by atoms with Crippen LogP contribution in [0.5, 0.6) is 5.75 Å². The van der Waals surface area contributed by atoms with Gasteiger partial charge in [-0.25, -0.2) is 9.78 Å². The largest absolute Gasteiger partial charge is 0.488 e. The van der Waals surface area contributed by atoms with E-state index in [4.69, 9.17) is 22.3 Å². The van der Waals surface area contributed by atoms with Crippen LogP contribution in [-0.2, 0) is 16.1 Å². The molecule has 6 rings (SSSR count). The number of hydrogen-bond acceptors (Lipinski definition) is 5. The number of alkyl carbamates (subject to hydrolysis) is 1. The molecular formula is C31H33BN4O4. The molecule has 1 saturated heterocycles. The maximum atomic E-state index is 13.9. The van der Waals surface area contributed by atoms with Gasteiger partial charge in [-0.15, -0.1) is 0 Å². The molecule has 8 nitrogen and oxygen atoms in total. The van der Waals surface area contributed by atoms with E-state index in [1.165, 1.54) is 7.11 Å². The number of nitrogens with zero attached hydrogens (tertiary/aromatic N) is 2. The number of ether oxygens (including phenoxy) is 2. The number of aromatic nitrogens is 2. The van der Waals surface area contributed by atoms with Crippen LogP contribution >= 0.6 is 0 Å². The highest BCUT2D eigenvalue weighted by atomic mass is 16.5. The molecule has 1 aromatic heterocycles. The van der Waals surface area contributed by atoms with Crippen LogP contribution in [-0.4, -0.2) is 53.9 Å². The van der Waals surface area contributed by atoms with Crippen molar-refractivity contribution in [3.8, 4) is 16.9 Å². The van der Waals surface area contributed by atoms with Crippen LogP contribution in [0.25, 0.3) is 32.9 Å². The Morgan fingerprint density at radius 3 is 2.70 bits per heavy atom. The van der Waals surface area contributed by atoms with E-state index in [2.05, 4.69) is 48.4 Å². The first-order valence-corrected chi connectivity index (χ1v) is 13.8. The molecular weight excluding hydrogens is 503 g/mol. The van der Waals surface area contributed by atoms with Crippen LogP contribution in [0.15, 0.2) is 42.5 Å². The van der Waals surface area contributed by atoms with Crippen molar-refractivity contribution in [3.05, 3.63) is 53.9 Å². The lowest BCUT2D eigenvalue weighted by atomic mass is 9.88. The Labute approximate surface area is 234 Å². The minimum Gasteiger partial charge on any atom is -0.488 e. The summed E-state index contributed by atoms with van der Waals surface area (Å²) in [4.78, 5) is 36.4. The van der Waals surface area contributed by atoms with Crippen molar-refractivity contribution in [1.82, 2.24) is 20.2 Å². The Kier molecular flexibility index (Phi) is 6.48. The molecule has 0 unspecified atom stereocenters. The molecule has 3 aromatic carbocycles. The van der Waals surface area contributed by atoms with E-state index in [1.54, 1.807) is 0 Å². The van der Waals surface area contributed by atoms with Gasteiger partial charge in [-0.1, -0.05) is 50.5 Å². The van der Waals surface area contributed by atoms with Gasteiger partial charge in [-0.05, 0) is 59.9 Å². The Balaban J connectivity index is 1.40. The topological polar surface area (TPSA) is 96.6 Å². The highest BCUT2D eigenvalue weighted by Gasteiger charge is 2.44. The molecule has 2 N–H and O–H groups in total. The monoisotopic (exact) mass is 536 g/mol. The number of aromatic amines is 1. The summed E-state index contributed by atoms with van der Waals surface area (Å²) in [5.41, 5.74) is 5.71. The Morgan fingerprint density at radius 1 is 1.15 bits per heavy atom. The number of rotatable bonds is 4. The Hall–Kier alpha value is -4.01. The average Bonchev–Trinajstić information content (AvgIpc) is 3.50. The van der Waals surface area contributed by atoms with Gasteiger partial charge in [-0.3, -0.25) is 4.79 Å². The number of amides is 2. The molecule has 9 heteroatoms. The fourth-order valence-corrected chi connectivity index (χ4v) is 6.16. The van der Waals surface area contributed by atoms with Crippen molar-refractivity contribution in [2.75, 3.05) is 7.11 Å². The van der Waals surface area contributed by atoms with Gasteiger partial charge in [0.15, 0.2) is 0 Å². The summed E-state index contributed by atoms with van der Waals surface area (Å²) < 4.78 is 10.9. The molecule has 0 spiro atoms. The molecule has 1 fully saturated rings. The van der Waals surface area contributed by atoms with Crippen molar-refractivity contribution >= 4 is 47.1 Å². The summed E-state index contributed by atoms with van der Waals surface area (Å²) in [6, 6.07) is 13.3. The normalized spacial score (nSPS) is 20.8. The number of benzene rings is 3. The van der Waals surface area contributed by atoms with Gasteiger partial charge in [0.1, 0.15) is 32.1 Å². The molecule has 0 bridgehead atoms. The lowest BCUT2D eigenvalue weighted by Gasteiger charge is -2.33. The quantitative estimate of drug-likeness (QED) is 0.367. The Morgan fingerprint density at radius 2 is 1.95 bits per heavy atom. The predicted molar refractivity (Wildman–Crippen MR) is 156 cm³/mol. The van der Waals surface area contributed by atoms with Gasteiger partial charge in [0.05, 0.1) is 24.2 Å². The fraction of sp³-hybridized carbons (Fsp3) is 0.387. The summed E-state index contributed by atoms with van der Waals surface area (Å²) in [7, 11) is 7.30. The minimum atomic E-state index is -0.699. The van der Waals surface area contributed by atoms with Crippen LogP contribution < -0.4 is 15.5 Å². The second kappa shape index (κ2) is 9.88. The van der Waals surface area contributed by atoms with Crippen LogP contribution in [0.4, 0.5) is 4.79 Å². The van der Waals surface area contributed by atoms with Crippen molar-refractivity contribution in [3.63, 3.8) is 0 Å². The summed E-state index contributed by atoms with van der Waals surface area (Å²) >= 11 is 0. The minimum absolute atomic E-state index is 0.0160. The van der Waals surface area contributed by atoms with Crippen molar-refractivity contribution < 1.29 is 19.1 Å². The van der Waals surface area contributed by atoms with Crippen LogP contribution in [0.3, 0.4) is 0 Å². The fourth-order valence-electron chi connectivity index (χ4n) is 6.16. The summed E-state index contributed by atoms with van der Waals surface area (Å²) in [5, 5.41) is 4.78. The summed E-state index contributed by atoms with van der Waals surface area (Å²) in [6.07, 6.45) is 0.155. The molecule has 2 aliphatic heterocycles. The van der Waals surface area contributed by atoms with Crippen LogP contribution in [0.1, 0.15) is 51.5 Å². The van der Waals surface area contributed by atoms with Gasteiger partial charge >= 0.3 is 6.09 Å². The molecule has 2 radical (unpaired) electrons. The highest BCUT2D eigenvalue weighted by Crippen LogP contribution is 2.43. The average molecular weight is 536 g/mol. The third kappa shape index (κ3) is 4.28. The van der Waals surface area contributed by atoms with Crippen molar-refractivity contribution in [2.45, 2.75) is 58.8 Å². The maximum absolute atomic E-state index is 13.9. The number of imidazole rings is 1. The Bertz CT molecular complexity index is 1650. The lowest BCUT2D eigenvalue weighted by molar-refractivity contribution is -0.137. The molecule has 2 aliphatic rings. The number of fused-ring (bicyclic) bond motifs is 6. The second-order valence-corrected chi connectivity index (χ2v) is 11.4. The van der Waals surface area contributed by atoms with Gasteiger partial charge in [0, 0.05) is 17.0 Å². The van der Waals surface area contributed by atoms with Crippen molar-refractivity contribution in [1.29, 1.82) is 0 Å². The first-order chi connectivity index (χ1) is 19.2. The van der Waals surface area contributed by atoms with E-state index in [-0.39, 0.29) is 29.8 Å². The first kappa shape index (κ1) is 26.2.